The quantitative estimate of drug-likeness (QED) is 0.786. The second-order valence-electron chi connectivity index (χ2n) is 3.83. The van der Waals surface area contributed by atoms with E-state index in [0.717, 1.165) is 5.56 Å². The summed E-state index contributed by atoms with van der Waals surface area (Å²) in [6.07, 6.45) is 0. The van der Waals surface area contributed by atoms with Crippen molar-refractivity contribution in [2.75, 3.05) is 0 Å². The van der Waals surface area contributed by atoms with Crippen LogP contribution in [0, 0.1) is 12.7 Å². The fourth-order valence-corrected chi connectivity index (χ4v) is 1.71. The van der Waals surface area contributed by atoms with Crippen molar-refractivity contribution < 1.29 is 9.13 Å². The summed E-state index contributed by atoms with van der Waals surface area (Å²) in [5, 5.41) is 0.682. The van der Waals surface area contributed by atoms with Gasteiger partial charge in [0, 0.05) is 5.02 Å². The maximum atomic E-state index is 13.0. The van der Waals surface area contributed by atoms with Crippen LogP contribution in [0.5, 0.6) is 5.75 Å². The lowest BCUT2D eigenvalue weighted by molar-refractivity contribution is 0.305. The number of hydrogen-bond acceptors (Lipinski definition) is 1. The van der Waals surface area contributed by atoms with E-state index in [1.165, 1.54) is 6.07 Å². The molecule has 2 rings (SSSR count). The number of aryl methyl sites for hydroxylation is 1. The van der Waals surface area contributed by atoms with Crippen molar-refractivity contribution in [1.82, 2.24) is 0 Å². The summed E-state index contributed by atoms with van der Waals surface area (Å²) < 4.78 is 18.6. The molecule has 0 heterocycles. The number of hydrogen-bond donors (Lipinski definition) is 0. The largest absolute Gasteiger partial charge is 0.489 e. The Morgan fingerprint density at radius 1 is 1.18 bits per heavy atom. The van der Waals surface area contributed by atoms with Crippen LogP contribution in [0.25, 0.3) is 0 Å². The lowest BCUT2D eigenvalue weighted by atomic mass is 10.2. The summed E-state index contributed by atoms with van der Waals surface area (Å²) in [4.78, 5) is 0. The van der Waals surface area contributed by atoms with Crippen molar-refractivity contribution >= 4 is 11.6 Å². The first-order valence-corrected chi connectivity index (χ1v) is 5.66. The van der Waals surface area contributed by atoms with E-state index in [9.17, 15) is 4.39 Å². The highest BCUT2D eigenvalue weighted by Gasteiger charge is 2.00. The van der Waals surface area contributed by atoms with Gasteiger partial charge in [-0.25, -0.2) is 4.39 Å². The van der Waals surface area contributed by atoms with E-state index < -0.39 is 0 Å². The van der Waals surface area contributed by atoms with Gasteiger partial charge in [0.05, 0.1) is 0 Å². The molecule has 3 heteroatoms. The van der Waals surface area contributed by atoms with E-state index in [-0.39, 0.29) is 5.82 Å². The maximum Gasteiger partial charge on any atom is 0.126 e. The van der Waals surface area contributed by atoms with E-state index in [0.29, 0.717) is 22.9 Å². The molecule has 1 nitrogen and oxygen atoms in total. The zero-order valence-electron chi connectivity index (χ0n) is 9.41. The molecule has 0 spiro atoms. The van der Waals surface area contributed by atoms with E-state index in [1.54, 1.807) is 19.1 Å². The van der Waals surface area contributed by atoms with Crippen LogP contribution in [0.3, 0.4) is 0 Å². The number of rotatable bonds is 3. The van der Waals surface area contributed by atoms with Crippen LogP contribution in [-0.4, -0.2) is 0 Å². The SMILES string of the molecule is Cc1cc(OCc2cccc(Cl)c2)ccc1F. The van der Waals surface area contributed by atoms with Crippen LogP contribution >= 0.6 is 11.6 Å². The molecule has 0 aliphatic carbocycles. The van der Waals surface area contributed by atoms with E-state index in [2.05, 4.69) is 0 Å². The van der Waals surface area contributed by atoms with Crippen LogP contribution in [0.2, 0.25) is 5.02 Å². The van der Waals surface area contributed by atoms with Crippen molar-refractivity contribution in [3.05, 3.63) is 64.4 Å². The molecule has 0 saturated heterocycles. The predicted molar refractivity (Wildman–Crippen MR) is 66.9 cm³/mol. The Labute approximate surface area is 105 Å². The fraction of sp³-hybridized carbons (Fsp3) is 0.143. The van der Waals surface area contributed by atoms with E-state index in [4.69, 9.17) is 16.3 Å². The van der Waals surface area contributed by atoms with Crippen LogP contribution in [0.1, 0.15) is 11.1 Å². The highest BCUT2D eigenvalue weighted by atomic mass is 35.5. The Hall–Kier alpha value is -1.54. The third kappa shape index (κ3) is 3.21. The Morgan fingerprint density at radius 3 is 2.71 bits per heavy atom. The Morgan fingerprint density at radius 2 is 2.00 bits per heavy atom. The molecule has 0 N–H and O–H groups in total. The van der Waals surface area contributed by atoms with Crippen molar-refractivity contribution in [2.45, 2.75) is 13.5 Å². The molecule has 0 fully saturated rings. The molecule has 0 aliphatic rings. The average molecular weight is 251 g/mol. The van der Waals surface area contributed by atoms with Crippen molar-refractivity contribution in [2.24, 2.45) is 0 Å². The molecular formula is C14H12ClFO. The van der Waals surface area contributed by atoms with Crippen molar-refractivity contribution in [3.8, 4) is 5.75 Å². The minimum absolute atomic E-state index is 0.222. The summed E-state index contributed by atoms with van der Waals surface area (Å²) in [7, 11) is 0. The minimum atomic E-state index is -0.222. The molecule has 0 aromatic heterocycles. The van der Waals surface area contributed by atoms with Gasteiger partial charge >= 0.3 is 0 Å². The molecule has 0 saturated carbocycles. The molecular weight excluding hydrogens is 239 g/mol. The van der Waals surface area contributed by atoms with Crippen LogP contribution < -0.4 is 4.74 Å². The van der Waals surface area contributed by atoms with Crippen molar-refractivity contribution in [3.63, 3.8) is 0 Å². The lowest BCUT2D eigenvalue weighted by Gasteiger charge is -2.07. The first-order chi connectivity index (χ1) is 8.15. The molecule has 2 aromatic rings. The van der Waals surface area contributed by atoms with Gasteiger partial charge < -0.3 is 4.74 Å². The Kier molecular flexibility index (Phi) is 3.64. The number of benzene rings is 2. The first-order valence-electron chi connectivity index (χ1n) is 5.28. The summed E-state index contributed by atoms with van der Waals surface area (Å²) in [6, 6.07) is 12.2. The smallest absolute Gasteiger partial charge is 0.126 e. The van der Waals surface area contributed by atoms with Gasteiger partial charge in [0.2, 0.25) is 0 Å². The van der Waals surface area contributed by atoms with Gasteiger partial charge in [0.1, 0.15) is 18.2 Å². The maximum absolute atomic E-state index is 13.0. The van der Waals surface area contributed by atoms with Gasteiger partial charge in [-0.3, -0.25) is 0 Å². The second-order valence-corrected chi connectivity index (χ2v) is 4.27. The third-order valence-corrected chi connectivity index (χ3v) is 2.66. The lowest BCUT2D eigenvalue weighted by Crippen LogP contribution is -1.96. The summed E-state index contributed by atoms with van der Waals surface area (Å²) >= 11 is 5.87. The van der Waals surface area contributed by atoms with Crippen LogP contribution in [0.15, 0.2) is 42.5 Å². The van der Waals surface area contributed by atoms with Gasteiger partial charge in [-0.05, 0) is 48.4 Å². The monoisotopic (exact) mass is 250 g/mol. The second kappa shape index (κ2) is 5.19. The molecule has 0 radical (unpaired) electrons. The zero-order valence-corrected chi connectivity index (χ0v) is 10.2. The average Bonchev–Trinajstić information content (AvgIpc) is 2.31. The van der Waals surface area contributed by atoms with Crippen LogP contribution in [0.4, 0.5) is 4.39 Å². The molecule has 0 amide bonds. The van der Waals surface area contributed by atoms with Gasteiger partial charge in [-0.1, -0.05) is 23.7 Å². The van der Waals surface area contributed by atoms with Gasteiger partial charge in [-0.15, -0.1) is 0 Å². The zero-order chi connectivity index (χ0) is 12.3. The fourth-order valence-electron chi connectivity index (χ4n) is 1.50. The molecule has 0 atom stereocenters. The molecule has 0 unspecified atom stereocenters. The first kappa shape index (κ1) is 11.9. The molecule has 17 heavy (non-hydrogen) atoms. The molecule has 0 aliphatic heterocycles. The molecule has 2 aromatic carbocycles. The Bertz CT molecular complexity index is 525. The van der Waals surface area contributed by atoms with E-state index in [1.807, 2.05) is 24.3 Å². The number of ether oxygens (including phenoxy) is 1. The normalized spacial score (nSPS) is 10.3. The molecule has 0 bridgehead atoms. The summed E-state index contributed by atoms with van der Waals surface area (Å²) in [6.45, 7) is 2.13. The number of halogens is 2. The minimum Gasteiger partial charge on any atom is -0.489 e. The van der Waals surface area contributed by atoms with E-state index >= 15 is 0 Å². The predicted octanol–water partition coefficient (Wildman–Crippen LogP) is 4.37. The highest BCUT2D eigenvalue weighted by Crippen LogP contribution is 2.18. The van der Waals surface area contributed by atoms with Gasteiger partial charge in [0.15, 0.2) is 0 Å². The standard InChI is InChI=1S/C14H12ClFO/c1-10-7-13(5-6-14(10)16)17-9-11-3-2-4-12(15)8-11/h2-8H,9H2,1H3. The van der Waals surface area contributed by atoms with Gasteiger partial charge in [-0.2, -0.15) is 0 Å². The highest BCUT2D eigenvalue weighted by molar-refractivity contribution is 6.30. The van der Waals surface area contributed by atoms with Crippen LogP contribution in [-0.2, 0) is 6.61 Å². The van der Waals surface area contributed by atoms with Crippen molar-refractivity contribution in [1.29, 1.82) is 0 Å². The topological polar surface area (TPSA) is 9.23 Å². The Balaban J connectivity index is 2.05. The summed E-state index contributed by atoms with van der Waals surface area (Å²) in [5.74, 6) is 0.434. The molecule has 88 valence electrons. The third-order valence-electron chi connectivity index (χ3n) is 2.42. The van der Waals surface area contributed by atoms with Gasteiger partial charge in [0.25, 0.3) is 0 Å². The summed E-state index contributed by atoms with van der Waals surface area (Å²) in [5.41, 5.74) is 1.56.